The summed E-state index contributed by atoms with van der Waals surface area (Å²) in [5.74, 6) is 1.03. The highest BCUT2D eigenvalue weighted by atomic mass is 16.5. The van der Waals surface area contributed by atoms with Crippen molar-refractivity contribution < 1.29 is 4.74 Å². The lowest BCUT2D eigenvalue weighted by Gasteiger charge is -2.34. The molecule has 1 fully saturated rings. The van der Waals surface area contributed by atoms with Crippen LogP contribution in [0.25, 0.3) is 16.5 Å². The van der Waals surface area contributed by atoms with Crippen molar-refractivity contribution >= 4 is 28.0 Å². The normalized spacial score (nSPS) is 21.5. The highest BCUT2D eigenvalue weighted by Gasteiger charge is 2.33. The van der Waals surface area contributed by atoms with Gasteiger partial charge in [0.1, 0.15) is 11.5 Å². The second-order valence-corrected chi connectivity index (χ2v) is 6.01. The maximum Gasteiger partial charge on any atom is 0.140 e. The van der Waals surface area contributed by atoms with Gasteiger partial charge in [-0.3, -0.25) is 10.1 Å². The minimum Gasteiger partial charge on any atom is -0.381 e. The van der Waals surface area contributed by atoms with Crippen molar-refractivity contribution in [1.82, 2.24) is 15.2 Å². The van der Waals surface area contributed by atoms with Crippen LogP contribution in [0.5, 0.6) is 0 Å². The summed E-state index contributed by atoms with van der Waals surface area (Å²) < 4.78 is 5.53. The van der Waals surface area contributed by atoms with Gasteiger partial charge in [-0.2, -0.15) is 5.10 Å². The maximum absolute atomic E-state index is 5.53. The zero-order valence-corrected chi connectivity index (χ0v) is 12.2. The van der Waals surface area contributed by atoms with E-state index in [2.05, 4.69) is 26.2 Å². The first-order valence-electron chi connectivity index (χ1n) is 7.83. The van der Waals surface area contributed by atoms with E-state index < -0.39 is 0 Å². The number of ether oxygens (including phenoxy) is 1. The van der Waals surface area contributed by atoms with Crippen LogP contribution < -0.4 is 4.90 Å². The Balaban J connectivity index is 1.73. The van der Waals surface area contributed by atoms with Gasteiger partial charge in [0.25, 0.3) is 0 Å². The summed E-state index contributed by atoms with van der Waals surface area (Å²) >= 11 is 0. The van der Waals surface area contributed by atoms with E-state index in [-0.39, 0.29) is 0 Å². The molecule has 22 heavy (non-hydrogen) atoms. The molecule has 112 valence electrons. The van der Waals surface area contributed by atoms with E-state index in [0.29, 0.717) is 6.04 Å². The topological polar surface area (TPSA) is 66.4 Å². The standard InChI is InChI=1S/C16H17N5O/c1-5-17-13-9-21(10-3-7-22-8-4-10)16-14-12(2-6-18-16)19-20-15(14)11(1)13/h1-2,6,10H,3-5,7-9H2,(H,19,20). The molecule has 0 saturated carbocycles. The molecule has 6 nitrogen and oxygen atoms in total. The van der Waals surface area contributed by atoms with Gasteiger partial charge in [0.05, 0.1) is 29.7 Å². The Labute approximate surface area is 127 Å². The molecule has 3 aliphatic heterocycles. The third kappa shape index (κ3) is 1.67. The van der Waals surface area contributed by atoms with E-state index in [1.807, 2.05) is 12.3 Å². The van der Waals surface area contributed by atoms with E-state index in [4.69, 9.17) is 9.72 Å². The summed E-state index contributed by atoms with van der Waals surface area (Å²) in [6, 6.07) is 2.45. The summed E-state index contributed by atoms with van der Waals surface area (Å²) in [5, 5.41) is 8.82. The van der Waals surface area contributed by atoms with Crippen molar-refractivity contribution in [2.45, 2.75) is 18.9 Å². The first-order chi connectivity index (χ1) is 10.9. The van der Waals surface area contributed by atoms with Gasteiger partial charge >= 0.3 is 0 Å². The van der Waals surface area contributed by atoms with Crippen LogP contribution in [0.1, 0.15) is 18.5 Å². The molecule has 5 rings (SSSR count). The Bertz CT molecular complexity index is 800. The number of nitrogens with zero attached hydrogens (tertiary/aromatic N) is 4. The quantitative estimate of drug-likeness (QED) is 0.871. The molecule has 3 aliphatic rings. The van der Waals surface area contributed by atoms with Gasteiger partial charge in [-0.1, -0.05) is 6.08 Å². The van der Waals surface area contributed by atoms with Crippen molar-refractivity contribution in [3.63, 3.8) is 0 Å². The number of anilines is 1. The van der Waals surface area contributed by atoms with E-state index >= 15 is 0 Å². The molecule has 0 atom stereocenters. The Morgan fingerprint density at radius 3 is 3.09 bits per heavy atom. The highest BCUT2D eigenvalue weighted by molar-refractivity contribution is 6.30. The number of H-pyrrole nitrogens is 1. The van der Waals surface area contributed by atoms with Crippen LogP contribution in [-0.4, -0.2) is 53.2 Å². The van der Waals surface area contributed by atoms with Gasteiger partial charge in [0.2, 0.25) is 0 Å². The number of nitrogens with one attached hydrogen (secondary N) is 1. The molecular formula is C16H17N5O. The second-order valence-electron chi connectivity index (χ2n) is 6.01. The minimum absolute atomic E-state index is 0.456. The molecule has 0 aromatic carbocycles. The van der Waals surface area contributed by atoms with E-state index in [0.717, 1.165) is 67.3 Å². The zero-order valence-electron chi connectivity index (χ0n) is 12.2. The summed E-state index contributed by atoms with van der Waals surface area (Å²) in [5.41, 5.74) is 4.36. The molecule has 0 bridgehead atoms. The fourth-order valence-electron chi connectivity index (χ4n) is 3.72. The van der Waals surface area contributed by atoms with Gasteiger partial charge in [-0.25, -0.2) is 4.98 Å². The monoisotopic (exact) mass is 295 g/mol. The second kappa shape index (κ2) is 4.64. The SMILES string of the molecule is C1=C2C(=NC1)CN(C1CCOCC1)c1nccc3[nH]nc2c13. The van der Waals surface area contributed by atoms with Gasteiger partial charge in [-0.05, 0) is 18.9 Å². The molecule has 5 heterocycles. The minimum atomic E-state index is 0.456. The van der Waals surface area contributed by atoms with Crippen LogP contribution in [0, 0.1) is 0 Å². The highest BCUT2D eigenvalue weighted by Crippen LogP contribution is 2.37. The molecule has 1 N–H and O–H groups in total. The Kier molecular flexibility index (Phi) is 2.61. The van der Waals surface area contributed by atoms with E-state index in [1.165, 1.54) is 5.57 Å². The number of pyridine rings is 1. The molecular weight excluding hydrogens is 278 g/mol. The third-order valence-electron chi connectivity index (χ3n) is 4.82. The van der Waals surface area contributed by atoms with Crippen molar-refractivity contribution in [1.29, 1.82) is 0 Å². The van der Waals surface area contributed by atoms with Crippen LogP contribution in [0.2, 0.25) is 0 Å². The zero-order chi connectivity index (χ0) is 14.5. The molecule has 0 spiro atoms. The number of aliphatic imine (C=N–C) groups is 1. The van der Waals surface area contributed by atoms with E-state index in [1.54, 1.807) is 0 Å². The van der Waals surface area contributed by atoms with Crippen LogP contribution in [0.4, 0.5) is 5.82 Å². The van der Waals surface area contributed by atoms with Crippen LogP contribution >= 0.6 is 0 Å². The predicted molar refractivity (Wildman–Crippen MR) is 85.4 cm³/mol. The Morgan fingerprint density at radius 2 is 2.18 bits per heavy atom. The lowest BCUT2D eigenvalue weighted by molar-refractivity contribution is 0.0850. The van der Waals surface area contributed by atoms with Crippen molar-refractivity contribution in [3.05, 3.63) is 24.0 Å². The largest absolute Gasteiger partial charge is 0.381 e. The van der Waals surface area contributed by atoms with Crippen molar-refractivity contribution in [3.8, 4) is 0 Å². The molecule has 0 aliphatic carbocycles. The fraction of sp³-hybridized carbons (Fsp3) is 0.438. The number of rotatable bonds is 1. The first kappa shape index (κ1) is 12.3. The molecule has 6 heteroatoms. The average Bonchev–Trinajstić information content (AvgIpc) is 3.16. The average molecular weight is 295 g/mol. The van der Waals surface area contributed by atoms with Crippen molar-refractivity contribution in [2.75, 3.05) is 31.2 Å². The number of hydrogen-bond acceptors (Lipinski definition) is 5. The van der Waals surface area contributed by atoms with Crippen LogP contribution in [0.3, 0.4) is 0 Å². The summed E-state index contributed by atoms with van der Waals surface area (Å²) in [4.78, 5) is 11.8. The van der Waals surface area contributed by atoms with Crippen molar-refractivity contribution in [2.24, 2.45) is 4.99 Å². The molecule has 0 radical (unpaired) electrons. The number of fused-ring (bicyclic) bond motifs is 2. The lowest BCUT2D eigenvalue weighted by atomic mass is 10.1. The van der Waals surface area contributed by atoms with Gasteiger partial charge in [-0.15, -0.1) is 0 Å². The summed E-state index contributed by atoms with van der Waals surface area (Å²) in [7, 11) is 0. The maximum atomic E-state index is 5.53. The third-order valence-corrected chi connectivity index (χ3v) is 4.82. The molecule has 0 unspecified atom stereocenters. The molecule has 2 aromatic rings. The molecule has 0 amide bonds. The summed E-state index contributed by atoms with van der Waals surface area (Å²) in [6.45, 7) is 3.23. The first-order valence-corrected chi connectivity index (χ1v) is 7.83. The number of aromatic amines is 1. The summed E-state index contributed by atoms with van der Waals surface area (Å²) in [6.07, 6.45) is 6.12. The predicted octanol–water partition coefficient (Wildman–Crippen LogP) is 1.79. The van der Waals surface area contributed by atoms with Gasteiger partial charge in [0.15, 0.2) is 0 Å². The Morgan fingerprint density at radius 1 is 1.27 bits per heavy atom. The lowest BCUT2D eigenvalue weighted by Crippen LogP contribution is -2.42. The fourth-order valence-corrected chi connectivity index (χ4v) is 3.72. The molecule has 1 saturated heterocycles. The smallest absolute Gasteiger partial charge is 0.140 e. The van der Waals surface area contributed by atoms with Gasteiger partial charge in [0, 0.05) is 31.0 Å². The van der Waals surface area contributed by atoms with Gasteiger partial charge < -0.3 is 9.64 Å². The van der Waals surface area contributed by atoms with Crippen LogP contribution in [0.15, 0.2) is 23.3 Å². The van der Waals surface area contributed by atoms with Crippen LogP contribution in [-0.2, 0) is 4.74 Å². The Hall–Kier alpha value is -2.21. The number of aromatic nitrogens is 3. The molecule has 2 aromatic heterocycles. The van der Waals surface area contributed by atoms with E-state index in [9.17, 15) is 0 Å². The number of hydrogen-bond donors (Lipinski definition) is 1.